The average molecular weight is 391 g/mol. The van der Waals surface area contributed by atoms with Gasteiger partial charge in [0.1, 0.15) is 0 Å². The number of hydrogen-bond acceptors (Lipinski definition) is 8. The molecule has 158 valence electrons. The van der Waals surface area contributed by atoms with E-state index in [-0.39, 0.29) is 31.8 Å². The van der Waals surface area contributed by atoms with Crippen molar-refractivity contribution in [3.05, 3.63) is 0 Å². The van der Waals surface area contributed by atoms with E-state index < -0.39 is 11.8 Å². The van der Waals surface area contributed by atoms with E-state index in [1.165, 1.54) is 6.92 Å². The minimum atomic E-state index is -0.493. The van der Waals surface area contributed by atoms with E-state index in [4.69, 9.17) is 5.21 Å². The topological polar surface area (TPSA) is 154 Å². The molecule has 0 spiro atoms. The summed E-state index contributed by atoms with van der Waals surface area (Å²) in [5.74, 6) is -1.15. The Morgan fingerprint density at radius 3 is 2.00 bits per heavy atom. The zero-order valence-electron chi connectivity index (χ0n) is 15.9. The molecule has 0 heterocycles. The molecular formula is C16H33N5O6. The maximum Gasteiger partial charge on any atom is 0.246 e. The standard InChI is InChI=1S/C16H33N5O6/c1-14(22)20(26)12-6-2-4-10-17-15(23)8-9-16(24)21(27)13-7-3-5-11-18-19-25/h18-19,25-27H,2-13H2,1H3,(H,17,23). The number of carbonyl (C=O) groups excluding carboxylic acids is 3. The highest BCUT2D eigenvalue weighted by atomic mass is 16.5. The molecule has 0 atom stereocenters. The SMILES string of the molecule is CC(=O)N(O)CCCCCNC(=O)CCC(=O)N(O)CCCCCNNO. The van der Waals surface area contributed by atoms with Crippen LogP contribution in [0.25, 0.3) is 0 Å². The molecule has 0 aromatic carbocycles. The van der Waals surface area contributed by atoms with E-state index in [0.717, 1.165) is 19.3 Å². The molecule has 0 bridgehead atoms. The molecule has 0 unspecified atom stereocenters. The zero-order chi connectivity index (χ0) is 20.5. The summed E-state index contributed by atoms with van der Waals surface area (Å²) < 4.78 is 0. The summed E-state index contributed by atoms with van der Waals surface area (Å²) >= 11 is 0. The van der Waals surface area contributed by atoms with Crippen LogP contribution in [0, 0.1) is 0 Å². The van der Waals surface area contributed by atoms with Crippen LogP contribution in [0.4, 0.5) is 0 Å². The van der Waals surface area contributed by atoms with Crippen molar-refractivity contribution in [1.82, 2.24) is 26.5 Å². The first kappa shape index (κ1) is 25.2. The molecule has 0 fully saturated rings. The molecule has 0 aliphatic carbocycles. The summed E-state index contributed by atoms with van der Waals surface area (Å²) in [5.41, 5.74) is 4.34. The third-order valence-electron chi connectivity index (χ3n) is 3.84. The van der Waals surface area contributed by atoms with E-state index in [1.54, 1.807) is 0 Å². The van der Waals surface area contributed by atoms with Crippen molar-refractivity contribution < 1.29 is 30.0 Å². The number of nitrogens with one attached hydrogen (secondary N) is 3. The molecule has 3 amide bonds. The van der Waals surface area contributed by atoms with E-state index in [0.29, 0.717) is 42.5 Å². The van der Waals surface area contributed by atoms with Gasteiger partial charge in [0.25, 0.3) is 0 Å². The number of rotatable bonds is 16. The van der Waals surface area contributed by atoms with Crippen LogP contribution in [-0.4, -0.2) is 69.6 Å². The lowest BCUT2D eigenvalue weighted by atomic mass is 10.2. The molecule has 0 aromatic rings. The number of nitrogens with zero attached hydrogens (tertiary/aromatic N) is 2. The van der Waals surface area contributed by atoms with Gasteiger partial charge in [-0.3, -0.25) is 24.8 Å². The second-order valence-electron chi connectivity index (χ2n) is 6.17. The van der Waals surface area contributed by atoms with Crippen LogP contribution < -0.4 is 16.3 Å². The molecule has 11 nitrogen and oxygen atoms in total. The van der Waals surface area contributed by atoms with Gasteiger partial charge in [-0.2, -0.15) is 0 Å². The van der Waals surface area contributed by atoms with Gasteiger partial charge in [-0.25, -0.2) is 15.6 Å². The van der Waals surface area contributed by atoms with Crippen molar-refractivity contribution >= 4 is 17.7 Å². The summed E-state index contributed by atoms with van der Waals surface area (Å²) in [6, 6.07) is 0. The molecule has 0 rings (SSSR count). The lowest BCUT2D eigenvalue weighted by Crippen LogP contribution is -2.31. The van der Waals surface area contributed by atoms with Crippen LogP contribution in [0.15, 0.2) is 0 Å². The molecule has 0 saturated heterocycles. The van der Waals surface area contributed by atoms with E-state index in [2.05, 4.69) is 10.7 Å². The lowest BCUT2D eigenvalue weighted by Gasteiger charge is -2.15. The van der Waals surface area contributed by atoms with Crippen molar-refractivity contribution in [2.45, 2.75) is 58.3 Å². The Hall–Kier alpha value is -1.79. The highest BCUT2D eigenvalue weighted by molar-refractivity contribution is 5.83. The van der Waals surface area contributed by atoms with Gasteiger partial charge in [-0.05, 0) is 32.1 Å². The summed E-state index contributed by atoms with van der Waals surface area (Å²) in [6.07, 6.45) is 4.22. The third kappa shape index (κ3) is 15.0. The maximum atomic E-state index is 11.7. The van der Waals surface area contributed by atoms with Crippen molar-refractivity contribution in [1.29, 1.82) is 0 Å². The molecule has 0 aliphatic heterocycles. The highest BCUT2D eigenvalue weighted by Gasteiger charge is 2.12. The lowest BCUT2D eigenvalue weighted by molar-refractivity contribution is -0.166. The predicted octanol–water partition coefficient (Wildman–Crippen LogP) is 0.162. The van der Waals surface area contributed by atoms with Gasteiger partial charge in [-0.1, -0.05) is 6.42 Å². The fraction of sp³-hybridized carbons (Fsp3) is 0.812. The highest BCUT2D eigenvalue weighted by Crippen LogP contribution is 2.01. The molecular weight excluding hydrogens is 358 g/mol. The van der Waals surface area contributed by atoms with Crippen LogP contribution in [0.3, 0.4) is 0 Å². The minimum Gasteiger partial charge on any atom is -0.356 e. The van der Waals surface area contributed by atoms with Gasteiger partial charge >= 0.3 is 0 Å². The molecule has 6 N–H and O–H groups in total. The fourth-order valence-corrected chi connectivity index (χ4v) is 2.22. The van der Waals surface area contributed by atoms with Crippen molar-refractivity contribution in [3.63, 3.8) is 0 Å². The Balaban J connectivity index is 3.61. The second kappa shape index (κ2) is 16.4. The molecule has 27 heavy (non-hydrogen) atoms. The van der Waals surface area contributed by atoms with Gasteiger partial charge in [0.2, 0.25) is 17.7 Å². The normalized spacial score (nSPS) is 10.5. The number of carbonyl (C=O) groups is 3. The van der Waals surface area contributed by atoms with Gasteiger partial charge in [0.05, 0.1) is 0 Å². The summed E-state index contributed by atoms with van der Waals surface area (Å²) in [7, 11) is 0. The molecule has 11 heteroatoms. The maximum absolute atomic E-state index is 11.7. The average Bonchev–Trinajstić information content (AvgIpc) is 2.64. The number of unbranched alkanes of at least 4 members (excludes halogenated alkanes) is 4. The Labute approximate surface area is 159 Å². The molecule has 0 radical (unpaired) electrons. The van der Waals surface area contributed by atoms with Gasteiger partial charge in [0.15, 0.2) is 0 Å². The largest absolute Gasteiger partial charge is 0.356 e. The Bertz CT molecular complexity index is 438. The number of hydrogen-bond donors (Lipinski definition) is 6. The van der Waals surface area contributed by atoms with Crippen LogP contribution in [-0.2, 0) is 14.4 Å². The molecule has 0 saturated carbocycles. The first-order chi connectivity index (χ1) is 12.9. The summed E-state index contributed by atoms with van der Waals surface area (Å²) in [4.78, 5) is 34.2. The predicted molar refractivity (Wildman–Crippen MR) is 95.5 cm³/mol. The van der Waals surface area contributed by atoms with Gasteiger partial charge in [0, 0.05) is 45.9 Å². The molecule has 0 aliphatic rings. The molecule has 0 aromatic heterocycles. The van der Waals surface area contributed by atoms with Crippen molar-refractivity contribution in [2.75, 3.05) is 26.2 Å². The zero-order valence-corrected chi connectivity index (χ0v) is 15.9. The Morgan fingerprint density at radius 1 is 0.815 bits per heavy atom. The van der Waals surface area contributed by atoms with E-state index >= 15 is 0 Å². The summed E-state index contributed by atoms with van der Waals surface area (Å²) in [5, 5.41) is 31.1. The van der Waals surface area contributed by atoms with Crippen LogP contribution in [0.1, 0.15) is 58.3 Å². The van der Waals surface area contributed by atoms with Gasteiger partial charge < -0.3 is 10.5 Å². The van der Waals surface area contributed by atoms with E-state index in [1.807, 2.05) is 5.59 Å². The third-order valence-corrected chi connectivity index (χ3v) is 3.84. The van der Waals surface area contributed by atoms with Crippen molar-refractivity contribution in [2.24, 2.45) is 0 Å². The van der Waals surface area contributed by atoms with Crippen LogP contribution in [0.2, 0.25) is 0 Å². The van der Waals surface area contributed by atoms with Crippen molar-refractivity contribution in [3.8, 4) is 0 Å². The van der Waals surface area contributed by atoms with Gasteiger partial charge in [-0.15, -0.1) is 5.59 Å². The van der Waals surface area contributed by atoms with Crippen LogP contribution in [0.5, 0.6) is 0 Å². The number of hydrazine groups is 1. The Kier molecular flexibility index (Phi) is 15.3. The first-order valence-electron chi connectivity index (χ1n) is 9.23. The fourth-order valence-electron chi connectivity index (χ4n) is 2.22. The Morgan fingerprint density at radius 2 is 1.41 bits per heavy atom. The quantitative estimate of drug-likeness (QED) is 0.124. The second-order valence-corrected chi connectivity index (χ2v) is 6.17. The summed E-state index contributed by atoms with van der Waals surface area (Å²) in [6.45, 7) is 2.78. The number of amides is 3. The first-order valence-corrected chi connectivity index (χ1v) is 9.23. The minimum absolute atomic E-state index is 0.0107. The monoisotopic (exact) mass is 391 g/mol. The van der Waals surface area contributed by atoms with Crippen LogP contribution >= 0.6 is 0 Å². The van der Waals surface area contributed by atoms with E-state index in [9.17, 15) is 24.8 Å². The smallest absolute Gasteiger partial charge is 0.246 e. The number of hydroxylamine groups is 4.